The summed E-state index contributed by atoms with van der Waals surface area (Å²) in [6.45, 7) is 7.61. The number of rotatable bonds is 4. The van der Waals surface area contributed by atoms with Crippen molar-refractivity contribution in [1.82, 2.24) is 14.7 Å². The second-order valence-corrected chi connectivity index (χ2v) is 9.90. The fraction of sp³-hybridized carbons (Fsp3) is 0.708. The molecule has 1 atom stereocenters. The molecule has 5 rings (SSSR count). The molecule has 0 bridgehead atoms. The molecule has 0 unspecified atom stereocenters. The van der Waals surface area contributed by atoms with E-state index < -0.39 is 0 Å². The van der Waals surface area contributed by atoms with Gasteiger partial charge in [0.15, 0.2) is 0 Å². The van der Waals surface area contributed by atoms with Crippen LogP contribution in [0.2, 0.25) is 0 Å². The van der Waals surface area contributed by atoms with E-state index >= 15 is 0 Å². The Balaban J connectivity index is 1.28. The third kappa shape index (κ3) is 3.61. The number of hydrogen-bond acceptors (Lipinski definition) is 3. The van der Waals surface area contributed by atoms with E-state index in [1.807, 2.05) is 0 Å². The molecule has 2 aliphatic heterocycles. The molecule has 1 amide bonds. The van der Waals surface area contributed by atoms with Gasteiger partial charge in [-0.15, -0.1) is 0 Å². The van der Waals surface area contributed by atoms with Crippen molar-refractivity contribution in [3.63, 3.8) is 0 Å². The molecule has 0 aromatic heterocycles. The predicted octanol–water partition coefficient (Wildman–Crippen LogP) is 3.08. The summed E-state index contributed by atoms with van der Waals surface area (Å²) in [4.78, 5) is 20.1. The van der Waals surface area contributed by atoms with E-state index in [4.69, 9.17) is 0 Å². The van der Waals surface area contributed by atoms with Gasteiger partial charge in [0.25, 0.3) is 0 Å². The van der Waals surface area contributed by atoms with Crippen LogP contribution in [0.1, 0.15) is 55.6 Å². The van der Waals surface area contributed by atoms with Crippen LogP contribution >= 0.6 is 0 Å². The summed E-state index contributed by atoms with van der Waals surface area (Å²) < 4.78 is 0. The first-order valence-electron chi connectivity index (χ1n) is 11.4. The number of nitrogens with zero attached hydrogens (tertiary/aromatic N) is 3. The van der Waals surface area contributed by atoms with Crippen molar-refractivity contribution >= 4 is 5.91 Å². The zero-order valence-electron chi connectivity index (χ0n) is 17.4. The number of benzene rings is 1. The number of hydrogen-bond donors (Lipinski definition) is 0. The zero-order valence-corrected chi connectivity index (χ0v) is 17.4. The number of piperazine rings is 1. The molecular weight excluding hydrogens is 346 g/mol. The molecule has 2 heterocycles. The minimum Gasteiger partial charge on any atom is -0.340 e. The minimum absolute atomic E-state index is 0.323. The Bertz CT molecular complexity index is 712. The van der Waals surface area contributed by atoms with E-state index in [0.29, 0.717) is 23.7 Å². The highest BCUT2D eigenvalue weighted by atomic mass is 16.2. The van der Waals surface area contributed by atoms with Crippen molar-refractivity contribution in [3.8, 4) is 0 Å². The summed E-state index contributed by atoms with van der Waals surface area (Å²) in [6, 6.07) is 9.06. The Morgan fingerprint density at radius 2 is 1.75 bits per heavy atom. The van der Waals surface area contributed by atoms with E-state index in [0.717, 1.165) is 32.1 Å². The SMILES string of the molecule is CN1CCN(C(=O)C[C@H]2CC3(CCN(CC4CC4)CC3)c3ccccc32)CC1. The van der Waals surface area contributed by atoms with Gasteiger partial charge in [-0.1, -0.05) is 24.3 Å². The van der Waals surface area contributed by atoms with Gasteiger partial charge in [0.1, 0.15) is 0 Å². The zero-order chi connectivity index (χ0) is 19.1. The summed E-state index contributed by atoms with van der Waals surface area (Å²) in [6.07, 6.45) is 7.32. The molecule has 1 aromatic rings. The maximum atomic E-state index is 13.0. The van der Waals surface area contributed by atoms with Gasteiger partial charge in [0.05, 0.1) is 0 Å². The Hall–Kier alpha value is -1.39. The second kappa shape index (κ2) is 7.46. The van der Waals surface area contributed by atoms with Crippen LogP contribution in [-0.2, 0) is 10.2 Å². The summed E-state index contributed by atoms with van der Waals surface area (Å²) >= 11 is 0. The minimum atomic E-state index is 0.323. The highest BCUT2D eigenvalue weighted by Gasteiger charge is 2.46. The van der Waals surface area contributed by atoms with Crippen LogP contribution < -0.4 is 0 Å². The van der Waals surface area contributed by atoms with Crippen molar-refractivity contribution in [2.45, 2.75) is 49.9 Å². The molecular formula is C24H35N3O. The van der Waals surface area contributed by atoms with E-state index in [9.17, 15) is 4.79 Å². The van der Waals surface area contributed by atoms with Gasteiger partial charge in [0, 0.05) is 39.1 Å². The molecule has 0 N–H and O–H groups in total. The molecule has 2 aliphatic carbocycles. The molecule has 1 spiro atoms. The van der Waals surface area contributed by atoms with Gasteiger partial charge in [-0.05, 0) is 80.6 Å². The lowest BCUT2D eigenvalue weighted by atomic mass is 9.73. The number of likely N-dealkylation sites (tertiary alicyclic amines) is 1. The number of carbonyl (C=O) groups excluding carboxylic acids is 1. The first-order valence-corrected chi connectivity index (χ1v) is 11.4. The molecule has 2 saturated heterocycles. The lowest BCUT2D eigenvalue weighted by molar-refractivity contribution is -0.133. The summed E-state index contributed by atoms with van der Waals surface area (Å²) in [7, 11) is 2.15. The van der Waals surface area contributed by atoms with Crippen LogP contribution in [0.15, 0.2) is 24.3 Å². The Morgan fingerprint density at radius 3 is 2.46 bits per heavy atom. The molecule has 4 nitrogen and oxygen atoms in total. The first kappa shape index (κ1) is 18.6. The van der Waals surface area contributed by atoms with Crippen molar-refractivity contribution < 1.29 is 4.79 Å². The average molecular weight is 382 g/mol. The lowest BCUT2D eigenvalue weighted by Crippen LogP contribution is -2.47. The quantitative estimate of drug-likeness (QED) is 0.802. The predicted molar refractivity (Wildman–Crippen MR) is 113 cm³/mol. The molecule has 152 valence electrons. The van der Waals surface area contributed by atoms with Gasteiger partial charge in [-0.2, -0.15) is 0 Å². The second-order valence-electron chi connectivity index (χ2n) is 9.90. The molecule has 3 fully saturated rings. The normalized spacial score (nSPS) is 27.9. The highest BCUT2D eigenvalue weighted by molar-refractivity contribution is 5.77. The van der Waals surface area contributed by atoms with Crippen molar-refractivity contribution in [3.05, 3.63) is 35.4 Å². The van der Waals surface area contributed by atoms with Gasteiger partial charge < -0.3 is 14.7 Å². The molecule has 4 aliphatic rings. The number of piperidine rings is 1. The van der Waals surface area contributed by atoms with Crippen LogP contribution in [0, 0.1) is 5.92 Å². The van der Waals surface area contributed by atoms with Crippen molar-refractivity contribution in [2.24, 2.45) is 5.92 Å². The monoisotopic (exact) mass is 381 g/mol. The summed E-state index contributed by atoms with van der Waals surface area (Å²) in [5.41, 5.74) is 3.36. The largest absolute Gasteiger partial charge is 0.340 e. The number of carbonyl (C=O) groups is 1. The van der Waals surface area contributed by atoms with Crippen LogP contribution in [0.3, 0.4) is 0 Å². The fourth-order valence-corrected chi connectivity index (χ4v) is 5.91. The molecule has 1 saturated carbocycles. The summed E-state index contributed by atoms with van der Waals surface area (Å²) in [5, 5.41) is 0. The first-order chi connectivity index (χ1) is 13.6. The van der Waals surface area contributed by atoms with Crippen LogP contribution in [0.5, 0.6) is 0 Å². The van der Waals surface area contributed by atoms with E-state index in [1.165, 1.54) is 57.3 Å². The number of fused-ring (bicyclic) bond motifs is 2. The van der Waals surface area contributed by atoms with E-state index in [1.54, 1.807) is 5.56 Å². The lowest BCUT2D eigenvalue weighted by Gasteiger charge is -2.40. The van der Waals surface area contributed by atoms with Gasteiger partial charge >= 0.3 is 0 Å². The topological polar surface area (TPSA) is 26.8 Å². The third-order valence-electron chi connectivity index (χ3n) is 7.91. The molecule has 28 heavy (non-hydrogen) atoms. The van der Waals surface area contributed by atoms with Gasteiger partial charge in [0.2, 0.25) is 5.91 Å². The molecule has 1 aromatic carbocycles. The van der Waals surface area contributed by atoms with Crippen LogP contribution in [-0.4, -0.2) is 73.5 Å². The molecule has 0 radical (unpaired) electrons. The number of likely N-dealkylation sites (N-methyl/N-ethyl adjacent to an activating group) is 1. The van der Waals surface area contributed by atoms with Gasteiger partial charge in [-0.25, -0.2) is 0 Å². The highest BCUT2D eigenvalue weighted by Crippen LogP contribution is 2.53. The smallest absolute Gasteiger partial charge is 0.223 e. The van der Waals surface area contributed by atoms with Crippen molar-refractivity contribution in [2.75, 3.05) is 52.9 Å². The summed E-state index contributed by atoms with van der Waals surface area (Å²) in [5.74, 6) is 1.77. The molecule has 4 heteroatoms. The Morgan fingerprint density at radius 1 is 1.04 bits per heavy atom. The maximum absolute atomic E-state index is 13.0. The van der Waals surface area contributed by atoms with E-state index in [2.05, 4.69) is 46.0 Å². The fourth-order valence-electron chi connectivity index (χ4n) is 5.91. The third-order valence-corrected chi connectivity index (χ3v) is 7.91. The average Bonchev–Trinajstić information content (AvgIpc) is 3.48. The van der Waals surface area contributed by atoms with Crippen molar-refractivity contribution in [1.29, 1.82) is 0 Å². The Kier molecular flexibility index (Phi) is 4.96. The standard InChI is InChI=1S/C24H35N3O/c1-25-12-14-27(15-13-25)23(28)16-20-17-24(22-5-3-2-4-21(20)22)8-10-26(11-9-24)18-19-6-7-19/h2-5,19-20H,6-18H2,1H3/t20-/m0/s1. The van der Waals surface area contributed by atoms with Crippen LogP contribution in [0.25, 0.3) is 0 Å². The van der Waals surface area contributed by atoms with Crippen LogP contribution in [0.4, 0.5) is 0 Å². The number of amides is 1. The van der Waals surface area contributed by atoms with E-state index in [-0.39, 0.29) is 0 Å². The Labute approximate surface area is 169 Å². The van der Waals surface area contributed by atoms with Gasteiger partial charge in [-0.3, -0.25) is 4.79 Å². The maximum Gasteiger partial charge on any atom is 0.223 e.